The smallest absolute Gasteiger partial charge is 0.0541 e. The Kier molecular flexibility index (Phi) is 6.47. The minimum atomic E-state index is -0.0171. The molecule has 1 heterocycles. The molecule has 5 aromatic carbocycles. The molecule has 9 rings (SSSR count). The topological polar surface area (TPSA) is 8.17 Å². The van der Waals surface area contributed by atoms with Crippen LogP contribution < -0.4 is 4.90 Å². The molecule has 0 saturated heterocycles. The number of benzene rings is 5. The van der Waals surface area contributed by atoms with Gasteiger partial charge in [0.2, 0.25) is 0 Å². The zero-order valence-corrected chi connectivity index (χ0v) is 27.0. The third kappa shape index (κ3) is 4.47. The molecular formula is C45H38N2. The van der Waals surface area contributed by atoms with Crippen LogP contribution in [0.3, 0.4) is 0 Å². The first kappa shape index (κ1) is 27.9. The molecule has 0 radical (unpaired) electrons. The van der Waals surface area contributed by atoms with E-state index in [1.54, 1.807) is 0 Å². The molecule has 1 aromatic heterocycles. The maximum atomic E-state index is 2.65. The predicted molar refractivity (Wildman–Crippen MR) is 199 cm³/mol. The van der Waals surface area contributed by atoms with Crippen LogP contribution >= 0.6 is 0 Å². The van der Waals surface area contributed by atoms with Gasteiger partial charge in [-0.15, -0.1) is 0 Å². The van der Waals surface area contributed by atoms with Gasteiger partial charge < -0.3 is 9.47 Å². The van der Waals surface area contributed by atoms with Crippen molar-refractivity contribution >= 4 is 33.1 Å². The standard InChI is InChI=1S/C45H38N2/c1-45(2)41-17-9-6-14-37(41)38-29-28-36(30-42(38)45)46(33-12-4-3-5-13-33)34-24-20-31(21-25-34)32-22-26-35(27-23-32)47-43-18-10-7-15-39(43)40-16-8-11-19-44(40)47/h3-12,14-24,26-30,33-34H,13,25H2,1-2H3. The van der Waals surface area contributed by atoms with Crippen LogP contribution in [0.1, 0.15) is 43.4 Å². The van der Waals surface area contributed by atoms with E-state index in [0.29, 0.717) is 6.04 Å². The summed E-state index contributed by atoms with van der Waals surface area (Å²) >= 11 is 0. The summed E-state index contributed by atoms with van der Waals surface area (Å²) < 4.78 is 2.38. The predicted octanol–water partition coefficient (Wildman–Crippen LogP) is 11.2. The lowest BCUT2D eigenvalue weighted by molar-refractivity contribution is 0.613. The normalized spacial score (nSPS) is 19.1. The Bertz CT molecular complexity index is 2240. The number of anilines is 1. The second kappa shape index (κ2) is 10.9. The van der Waals surface area contributed by atoms with E-state index < -0.39 is 0 Å². The molecule has 0 fully saturated rings. The van der Waals surface area contributed by atoms with Crippen LogP contribution in [0, 0.1) is 0 Å². The van der Waals surface area contributed by atoms with Crippen LogP contribution in [0.15, 0.2) is 158 Å². The van der Waals surface area contributed by atoms with Crippen LogP contribution in [0.25, 0.3) is 44.2 Å². The monoisotopic (exact) mass is 606 g/mol. The average Bonchev–Trinajstić information content (AvgIpc) is 3.58. The Morgan fingerprint density at radius 2 is 1.32 bits per heavy atom. The highest BCUT2D eigenvalue weighted by Gasteiger charge is 2.36. The van der Waals surface area contributed by atoms with E-state index in [1.807, 2.05) is 0 Å². The maximum absolute atomic E-state index is 2.65. The molecule has 2 unspecified atom stereocenters. The molecule has 0 amide bonds. The van der Waals surface area contributed by atoms with Crippen molar-refractivity contribution < 1.29 is 0 Å². The highest BCUT2D eigenvalue weighted by molar-refractivity contribution is 6.09. The second-order valence-corrected chi connectivity index (χ2v) is 13.7. The van der Waals surface area contributed by atoms with E-state index in [9.17, 15) is 0 Å². The summed E-state index contributed by atoms with van der Waals surface area (Å²) in [6, 6.07) is 43.2. The molecular weight excluding hydrogens is 569 g/mol. The van der Waals surface area contributed by atoms with Crippen molar-refractivity contribution in [1.82, 2.24) is 4.57 Å². The number of hydrogen-bond donors (Lipinski definition) is 0. The van der Waals surface area contributed by atoms with Crippen molar-refractivity contribution in [2.24, 2.45) is 0 Å². The van der Waals surface area contributed by atoms with Gasteiger partial charge in [0.05, 0.1) is 23.1 Å². The number of para-hydroxylation sites is 2. The van der Waals surface area contributed by atoms with Crippen molar-refractivity contribution in [3.05, 3.63) is 174 Å². The summed E-state index contributed by atoms with van der Waals surface area (Å²) in [5, 5.41) is 2.58. The summed E-state index contributed by atoms with van der Waals surface area (Å²) in [4.78, 5) is 2.65. The summed E-state index contributed by atoms with van der Waals surface area (Å²) in [6.07, 6.45) is 18.2. The molecule has 0 saturated carbocycles. The fourth-order valence-corrected chi connectivity index (χ4v) is 8.29. The van der Waals surface area contributed by atoms with Gasteiger partial charge in [0.25, 0.3) is 0 Å². The molecule has 2 heteroatoms. The molecule has 0 spiro atoms. The van der Waals surface area contributed by atoms with Gasteiger partial charge in [-0.2, -0.15) is 0 Å². The van der Waals surface area contributed by atoms with Crippen LogP contribution in [0.4, 0.5) is 5.69 Å². The van der Waals surface area contributed by atoms with E-state index in [1.165, 1.54) is 66.6 Å². The molecule has 6 aromatic rings. The molecule has 2 atom stereocenters. The summed E-state index contributed by atoms with van der Waals surface area (Å²) in [6.45, 7) is 4.74. The van der Waals surface area contributed by atoms with Gasteiger partial charge in [-0.05, 0) is 82.6 Å². The molecule has 2 nitrogen and oxygen atoms in total. The van der Waals surface area contributed by atoms with Gasteiger partial charge in [0.15, 0.2) is 0 Å². The zero-order chi connectivity index (χ0) is 31.5. The number of rotatable bonds is 5. The van der Waals surface area contributed by atoms with Gasteiger partial charge in [-0.3, -0.25) is 0 Å². The number of allylic oxidation sites excluding steroid dienone is 4. The quantitative estimate of drug-likeness (QED) is 0.190. The van der Waals surface area contributed by atoms with Gasteiger partial charge in [0, 0.05) is 27.6 Å². The highest BCUT2D eigenvalue weighted by atomic mass is 15.2. The van der Waals surface area contributed by atoms with Crippen molar-refractivity contribution in [1.29, 1.82) is 0 Å². The summed E-state index contributed by atoms with van der Waals surface area (Å²) in [5.74, 6) is 0. The number of fused-ring (bicyclic) bond motifs is 6. The third-order valence-electron chi connectivity index (χ3n) is 10.7. The number of aromatic nitrogens is 1. The van der Waals surface area contributed by atoms with E-state index in [-0.39, 0.29) is 11.5 Å². The summed E-state index contributed by atoms with van der Waals surface area (Å²) in [7, 11) is 0. The van der Waals surface area contributed by atoms with Crippen molar-refractivity contribution in [2.45, 2.75) is 44.2 Å². The number of hydrogen-bond acceptors (Lipinski definition) is 1. The highest BCUT2D eigenvalue weighted by Crippen LogP contribution is 2.50. The van der Waals surface area contributed by atoms with Crippen molar-refractivity contribution in [3.63, 3.8) is 0 Å². The first-order valence-corrected chi connectivity index (χ1v) is 16.9. The van der Waals surface area contributed by atoms with E-state index >= 15 is 0 Å². The van der Waals surface area contributed by atoms with Gasteiger partial charge in [-0.25, -0.2) is 0 Å². The largest absolute Gasteiger partial charge is 0.358 e. The van der Waals surface area contributed by atoms with E-state index in [4.69, 9.17) is 0 Å². The third-order valence-corrected chi connectivity index (χ3v) is 10.7. The molecule has 47 heavy (non-hydrogen) atoms. The van der Waals surface area contributed by atoms with Crippen molar-refractivity contribution in [3.8, 4) is 16.8 Å². The minimum absolute atomic E-state index is 0.0171. The minimum Gasteiger partial charge on any atom is -0.358 e. The Morgan fingerprint density at radius 3 is 2.02 bits per heavy atom. The van der Waals surface area contributed by atoms with Crippen LogP contribution in [0.2, 0.25) is 0 Å². The van der Waals surface area contributed by atoms with Gasteiger partial charge >= 0.3 is 0 Å². The first-order valence-electron chi connectivity index (χ1n) is 16.9. The Labute approximate surface area is 277 Å². The SMILES string of the molecule is CC1(C)c2ccccc2-c2ccc(N(C3C=CC=CC3)C3C=CC(c4ccc(-n5c6ccccc6c6ccccc65)cc4)=CC3)cc21. The molecule has 228 valence electrons. The molecule has 0 aliphatic heterocycles. The fourth-order valence-electron chi connectivity index (χ4n) is 8.29. The number of nitrogens with zero attached hydrogens (tertiary/aromatic N) is 2. The lowest BCUT2D eigenvalue weighted by Crippen LogP contribution is -2.42. The first-order chi connectivity index (χ1) is 23.1. The second-order valence-electron chi connectivity index (χ2n) is 13.7. The molecule has 3 aliphatic rings. The lowest BCUT2D eigenvalue weighted by atomic mass is 9.82. The van der Waals surface area contributed by atoms with Crippen LogP contribution in [-0.2, 0) is 5.41 Å². The molecule has 0 bridgehead atoms. The molecule has 0 N–H and O–H groups in total. The zero-order valence-electron chi connectivity index (χ0n) is 27.0. The Hall–Kier alpha value is -5.34. The summed E-state index contributed by atoms with van der Waals surface area (Å²) in [5.41, 5.74) is 13.1. The maximum Gasteiger partial charge on any atom is 0.0541 e. The van der Waals surface area contributed by atoms with Crippen molar-refractivity contribution in [2.75, 3.05) is 4.90 Å². The van der Waals surface area contributed by atoms with E-state index in [0.717, 1.165) is 12.8 Å². The lowest BCUT2D eigenvalue weighted by Gasteiger charge is -2.39. The fraction of sp³-hybridized carbons (Fsp3) is 0.156. The van der Waals surface area contributed by atoms with Crippen LogP contribution in [-0.4, -0.2) is 16.7 Å². The average molecular weight is 607 g/mol. The van der Waals surface area contributed by atoms with E-state index in [2.05, 4.69) is 181 Å². The Morgan fingerprint density at radius 1 is 0.638 bits per heavy atom. The Balaban J connectivity index is 1.02. The van der Waals surface area contributed by atoms with Gasteiger partial charge in [0.1, 0.15) is 0 Å². The van der Waals surface area contributed by atoms with Gasteiger partial charge in [-0.1, -0.05) is 135 Å². The van der Waals surface area contributed by atoms with Crippen LogP contribution in [0.5, 0.6) is 0 Å². The molecule has 3 aliphatic carbocycles.